The molecule has 3 rings (SSSR count). The largest absolute Gasteiger partial charge is 0.350 e. The van der Waals surface area contributed by atoms with Crippen molar-refractivity contribution >= 4 is 0 Å². The van der Waals surface area contributed by atoms with E-state index in [1.165, 1.54) is 43.2 Å². The van der Waals surface area contributed by atoms with Crippen LogP contribution in [0.4, 0.5) is 0 Å². The summed E-state index contributed by atoms with van der Waals surface area (Å²) in [5.74, 6) is 0. The summed E-state index contributed by atoms with van der Waals surface area (Å²) < 4.78 is 2.31. The van der Waals surface area contributed by atoms with Crippen molar-refractivity contribution in [1.29, 1.82) is 0 Å². The average Bonchev–Trinajstić information content (AvgIpc) is 3.13. The number of benzene rings is 1. The Hall–Kier alpha value is -1.54. The normalized spacial score (nSPS) is 15.1. The molecule has 2 aromatic rings. The van der Waals surface area contributed by atoms with Crippen molar-refractivity contribution in [3.05, 3.63) is 58.9 Å². The zero-order valence-electron chi connectivity index (χ0n) is 13.2. The molecule has 1 aromatic carbocycles. The topological polar surface area (TPSA) is 17.0 Å². The Morgan fingerprint density at radius 3 is 2.86 bits per heavy atom. The fourth-order valence-electron chi connectivity index (χ4n) is 3.46. The highest BCUT2D eigenvalue weighted by Gasteiger charge is 2.12. The maximum Gasteiger partial charge on any atom is 0.0470 e. The molecule has 21 heavy (non-hydrogen) atoms. The number of nitrogens with one attached hydrogen (secondary N) is 1. The van der Waals surface area contributed by atoms with Gasteiger partial charge in [-0.05, 0) is 61.1 Å². The summed E-state index contributed by atoms with van der Waals surface area (Å²) >= 11 is 0. The van der Waals surface area contributed by atoms with Crippen LogP contribution in [0.2, 0.25) is 0 Å². The summed E-state index contributed by atoms with van der Waals surface area (Å²) in [5.41, 5.74) is 5.96. The molecule has 2 nitrogen and oxygen atoms in total. The Labute approximate surface area is 128 Å². The lowest BCUT2D eigenvalue weighted by Gasteiger charge is -2.13. The molecule has 112 valence electrons. The van der Waals surface area contributed by atoms with Crippen molar-refractivity contribution < 1.29 is 0 Å². The number of aromatic nitrogens is 1. The molecule has 1 atom stereocenters. The fraction of sp³-hybridized carbons (Fsp3) is 0.474. The molecule has 1 aliphatic rings. The van der Waals surface area contributed by atoms with Crippen LogP contribution >= 0.6 is 0 Å². The minimum atomic E-state index is 0.483. The zero-order valence-corrected chi connectivity index (χ0v) is 13.2. The number of fused-ring (bicyclic) bond motifs is 1. The van der Waals surface area contributed by atoms with Gasteiger partial charge < -0.3 is 9.88 Å². The van der Waals surface area contributed by atoms with Crippen molar-refractivity contribution in [1.82, 2.24) is 9.88 Å². The molecular formula is C19H26N2. The van der Waals surface area contributed by atoms with E-state index in [9.17, 15) is 0 Å². The van der Waals surface area contributed by atoms with Crippen LogP contribution < -0.4 is 5.32 Å². The van der Waals surface area contributed by atoms with E-state index in [1.807, 2.05) is 0 Å². The monoisotopic (exact) mass is 282 g/mol. The number of aryl methyl sites for hydroxylation is 2. The van der Waals surface area contributed by atoms with Gasteiger partial charge in [-0.3, -0.25) is 0 Å². The lowest BCUT2D eigenvalue weighted by atomic mass is 10.1. The second-order valence-electron chi connectivity index (χ2n) is 6.20. The standard InChI is InChI=1S/C19H26N2/c1-3-5-19(20-2)18-10-11-21(14-18)13-15-8-9-16-6-4-7-17(16)12-15/h8-12,14,19-20H,3-7,13H2,1-2H3. The van der Waals surface area contributed by atoms with Crippen LogP contribution in [0.1, 0.15) is 54.5 Å². The summed E-state index contributed by atoms with van der Waals surface area (Å²) in [7, 11) is 2.05. The van der Waals surface area contributed by atoms with Crippen molar-refractivity contribution in [3.63, 3.8) is 0 Å². The van der Waals surface area contributed by atoms with Crippen molar-refractivity contribution in [3.8, 4) is 0 Å². The van der Waals surface area contributed by atoms with Crippen molar-refractivity contribution in [2.24, 2.45) is 0 Å². The predicted molar refractivity (Wildman–Crippen MR) is 88.7 cm³/mol. The maximum absolute atomic E-state index is 3.42. The number of nitrogens with zero attached hydrogens (tertiary/aromatic N) is 1. The summed E-state index contributed by atoms with van der Waals surface area (Å²) in [6, 6.07) is 9.77. The van der Waals surface area contributed by atoms with Gasteiger partial charge in [0.15, 0.2) is 0 Å². The Morgan fingerprint density at radius 1 is 1.19 bits per heavy atom. The first-order chi connectivity index (χ1) is 10.3. The molecule has 0 fully saturated rings. The highest BCUT2D eigenvalue weighted by Crippen LogP contribution is 2.24. The number of hydrogen-bond donors (Lipinski definition) is 1. The van der Waals surface area contributed by atoms with Crippen molar-refractivity contribution in [2.75, 3.05) is 7.05 Å². The van der Waals surface area contributed by atoms with Gasteiger partial charge in [0.1, 0.15) is 0 Å². The van der Waals surface area contributed by atoms with Crippen LogP contribution in [-0.4, -0.2) is 11.6 Å². The summed E-state index contributed by atoms with van der Waals surface area (Å²) in [5, 5.41) is 3.42. The third-order valence-electron chi connectivity index (χ3n) is 4.63. The molecule has 1 unspecified atom stereocenters. The summed E-state index contributed by atoms with van der Waals surface area (Å²) in [4.78, 5) is 0. The van der Waals surface area contributed by atoms with Crippen LogP contribution in [0.3, 0.4) is 0 Å². The molecule has 0 saturated heterocycles. The number of hydrogen-bond acceptors (Lipinski definition) is 1. The smallest absolute Gasteiger partial charge is 0.0470 e. The van der Waals surface area contributed by atoms with E-state index in [1.54, 1.807) is 11.1 Å². The van der Waals surface area contributed by atoms with E-state index < -0.39 is 0 Å². The highest BCUT2D eigenvalue weighted by atomic mass is 14.9. The predicted octanol–water partition coefficient (Wildman–Crippen LogP) is 4.09. The maximum atomic E-state index is 3.42. The van der Waals surface area contributed by atoms with E-state index >= 15 is 0 Å². The SMILES string of the molecule is CCCC(NC)c1ccn(Cc2ccc3c(c2)CCC3)c1. The first-order valence-corrected chi connectivity index (χ1v) is 8.23. The lowest BCUT2D eigenvalue weighted by molar-refractivity contribution is 0.540. The van der Waals surface area contributed by atoms with Crippen LogP contribution in [0, 0.1) is 0 Å². The fourth-order valence-corrected chi connectivity index (χ4v) is 3.46. The van der Waals surface area contributed by atoms with Crippen LogP contribution in [-0.2, 0) is 19.4 Å². The molecular weight excluding hydrogens is 256 g/mol. The molecule has 0 aliphatic heterocycles. The summed E-state index contributed by atoms with van der Waals surface area (Å²) in [6.07, 6.45) is 10.8. The van der Waals surface area contributed by atoms with Gasteiger partial charge in [-0.25, -0.2) is 0 Å². The molecule has 0 amide bonds. The molecule has 1 aliphatic carbocycles. The molecule has 0 spiro atoms. The van der Waals surface area contributed by atoms with Gasteiger partial charge in [0.25, 0.3) is 0 Å². The van der Waals surface area contributed by atoms with Gasteiger partial charge in [-0.2, -0.15) is 0 Å². The average molecular weight is 282 g/mol. The second kappa shape index (κ2) is 6.48. The van der Waals surface area contributed by atoms with Gasteiger partial charge >= 0.3 is 0 Å². The first kappa shape index (κ1) is 14.4. The number of rotatable bonds is 6. The van der Waals surface area contributed by atoms with E-state index in [2.05, 4.69) is 60.5 Å². The third-order valence-corrected chi connectivity index (χ3v) is 4.63. The summed E-state index contributed by atoms with van der Waals surface area (Å²) in [6.45, 7) is 3.22. The molecule has 2 heteroatoms. The molecule has 1 heterocycles. The molecule has 0 bridgehead atoms. The van der Waals surface area contributed by atoms with Crippen LogP contribution in [0.15, 0.2) is 36.7 Å². The van der Waals surface area contributed by atoms with Gasteiger partial charge in [-0.1, -0.05) is 31.5 Å². The molecule has 0 radical (unpaired) electrons. The van der Waals surface area contributed by atoms with Gasteiger partial charge in [-0.15, -0.1) is 0 Å². The van der Waals surface area contributed by atoms with Crippen LogP contribution in [0.5, 0.6) is 0 Å². The molecule has 1 aromatic heterocycles. The van der Waals surface area contributed by atoms with E-state index in [0.717, 1.165) is 6.54 Å². The minimum absolute atomic E-state index is 0.483. The highest BCUT2D eigenvalue weighted by molar-refractivity contribution is 5.35. The molecule has 0 saturated carbocycles. The van der Waals surface area contributed by atoms with Crippen LogP contribution in [0.25, 0.3) is 0 Å². The Bertz CT molecular complexity index is 597. The lowest BCUT2D eigenvalue weighted by Crippen LogP contribution is -2.15. The molecule has 1 N–H and O–H groups in total. The Balaban J connectivity index is 1.72. The third kappa shape index (κ3) is 3.21. The first-order valence-electron chi connectivity index (χ1n) is 8.23. The van der Waals surface area contributed by atoms with Gasteiger partial charge in [0.2, 0.25) is 0 Å². The van der Waals surface area contributed by atoms with E-state index in [-0.39, 0.29) is 0 Å². The van der Waals surface area contributed by atoms with Crippen molar-refractivity contribution in [2.45, 2.75) is 51.6 Å². The second-order valence-corrected chi connectivity index (χ2v) is 6.20. The zero-order chi connectivity index (χ0) is 14.7. The minimum Gasteiger partial charge on any atom is -0.350 e. The van der Waals surface area contributed by atoms with Gasteiger partial charge in [0.05, 0.1) is 0 Å². The van der Waals surface area contributed by atoms with Gasteiger partial charge in [0, 0.05) is 25.0 Å². The quantitative estimate of drug-likeness (QED) is 0.844. The Kier molecular flexibility index (Phi) is 4.45. The van der Waals surface area contributed by atoms with E-state index in [4.69, 9.17) is 0 Å². The Morgan fingerprint density at radius 2 is 2.05 bits per heavy atom. The van der Waals surface area contributed by atoms with E-state index in [0.29, 0.717) is 6.04 Å².